The van der Waals surface area contributed by atoms with Crippen molar-refractivity contribution in [3.63, 3.8) is 0 Å². The number of para-hydroxylation sites is 1. The normalized spacial score (nSPS) is 16.2. The number of carbonyl (C=O) groups is 3. The molecule has 0 unspecified atom stereocenters. The van der Waals surface area contributed by atoms with Gasteiger partial charge in [-0.2, -0.15) is 0 Å². The van der Waals surface area contributed by atoms with Crippen molar-refractivity contribution < 1.29 is 19.1 Å². The van der Waals surface area contributed by atoms with E-state index in [-0.39, 0.29) is 30.0 Å². The second-order valence-electron chi connectivity index (χ2n) is 7.38. The summed E-state index contributed by atoms with van der Waals surface area (Å²) in [6, 6.07) is 14.0. The van der Waals surface area contributed by atoms with Gasteiger partial charge in [0.25, 0.3) is 11.8 Å². The third-order valence-corrected chi connectivity index (χ3v) is 5.13. The summed E-state index contributed by atoms with van der Waals surface area (Å²) in [5.41, 5.74) is 2.04. The molecule has 0 spiro atoms. The Morgan fingerprint density at radius 1 is 1.10 bits per heavy atom. The number of ether oxygens (including phenoxy) is 1. The van der Waals surface area contributed by atoms with E-state index in [1.165, 1.54) is 0 Å². The molecule has 1 heterocycles. The quantitative estimate of drug-likeness (QED) is 0.783. The molecule has 0 aromatic heterocycles. The van der Waals surface area contributed by atoms with Crippen LogP contribution in [0.15, 0.2) is 48.5 Å². The summed E-state index contributed by atoms with van der Waals surface area (Å²) in [6.45, 7) is 4.31. The van der Waals surface area contributed by atoms with E-state index in [9.17, 15) is 14.4 Å². The lowest BCUT2D eigenvalue weighted by atomic mass is 10.0. The van der Waals surface area contributed by atoms with E-state index in [4.69, 9.17) is 4.74 Å². The molecule has 1 saturated heterocycles. The van der Waals surface area contributed by atoms with Crippen molar-refractivity contribution in [1.29, 1.82) is 0 Å². The van der Waals surface area contributed by atoms with Gasteiger partial charge in [0, 0.05) is 18.2 Å². The first kappa shape index (κ1) is 20.6. The summed E-state index contributed by atoms with van der Waals surface area (Å²) in [5, 5.41) is 2.76. The van der Waals surface area contributed by atoms with E-state index in [2.05, 4.69) is 5.32 Å². The number of esters is 1. The van der Waals surface area contributed by atoms with Gasteiger partial charge in [-0.15, -0.1) is 0 Å². The SMILES string of the molecule is Cc1cccc(C(=O)Nc2ccccc2C(=O)OCC(=O)N2CCCC[C@H]2C)c1. The molecule has 3 rings (SSSR count). The van der Waals surface area contributed by atoms with Crippen molar-refractivity contribution in [2.45, 2.75) is 39.2 Å². The number of carbonyl (C=O) groups excluding carboxylic acids is 3. The molecule has 1 N–H and O–H groups in total. The summed E-state index contributed by atoms with van der Waals surface area (Å²) in [4.78, 5) is 39.3. The number of piperidine rings is 1. The highest BCUT2D eigenvalue weighted by Gasteiger charge is 2.24. The zero-order chi connectivity index (χ0) is 20.8. The first-order chi connectivity index (χ1) is 14.0. The van der Waals surface area contributed by atoms with Crippen molar-refractivity contribution in [2.75, 3.05) is 18.5 Å². The van der Waals surface area contributed by atoms with Gasteiger partial charge in [0.15, 0.2) is 6.61 Å². The monoisotopic (exact) mass is 394 g/mol. The maximum atomic E-state index is 12.6. The topological polar surface area (TPSA) is 75.7 Å². The number of aryl methyl sites for hydroxylation is 1. The summed E-state index contributed by atoms with van der Waals surface area (Å²) >= 11 is 0. The molecule has 6 heteroatoms. The van der Waals surface area contributed by atoms with Crippen LogP contribution in [0, 0.1) is 6.92 Å². The number of likely N-dealkylation sites (tertiary alicyclic amines) is 1. The molecule has 6 nitrogen and oxygen atoms in total. The molecule has 0 radical (unpaired) electrons. The second kappa shape index (κ2) is 9.37. The van der Waals surface area contributed by atoms with Crippen LogP contribution in [-0.2, 0) is 9.53 Å². The van der Waals surface area contributed by atoms with Gasteiger partial charge < -0.3 is 15.0 Å². The van der Waals surface area contributed by atoms with Crippen LogP contribution in [0.1, 0.15) is 52.5 Å². The Kier molecular flexibility index (Phi) is 6.65. The number of amides is 2. The number of nitrogens with one attached hydrogen (secondary N) is 1. The fourth-order valence-corrected chi connectivity index (χ4v) is 3.51. The third-order valence-electron chi connectivity index (χ3n) is 5.13. The predicted octanol–water partition coefficient (Wildman–Crippen LogP) is 3.81. The Labute approximate surface area is 170 Å². The zero-order valence-corrected chi connectivity index (χ0v) is 16.8. The summed E-state index contributed by atoms with van der Waals surface area (Å²) in [5.74, 6) is -1.14. The van der Waals surface area contributed by atoms with E-state index in [1.807, 2.05) is 19.9 Å². The van der Waals surface area contributed by atoms with Crippen LogP contribution in [0.25, 0.3) is 0 Å². The number of hydrogen-bond acceptors (Lipinski definition) is 4. The standard InChI is InChI=1S/C23H26N2O4/c1-16-8-7-10-18(14-16)22(27)24-20-12-4-3-11-19(20)23(28)29-15-21(26)25-13-6-5-9-17(25)2/h3-4,7-8,10-12,14,17H,5-6,9,13,15H2,1-2H3,(H,24,27)/t17-/m1/s1. The molecule has 152 valence electrons. The van der Waals surface area contributed by atoms with Crippen molar-refractivity contribution in [3.8, 4) is 0 Å². The molecule has 1 atom stereocenters. The highest BCUT2D eigenvalue weighted by atomic mass is 16.5. The van der Waals surface area contributed by atoms with Crippen molar-refractivity contribution in [2.24, 2.45) is 0 Å². The highest BCUT2D eigenvalue weighted by Crippen LogP contribution is 2.19. The van der Waals surface area contributed by atoms with E-state index in [1.54, 1.807) is 47.4 Å². The molecule has 0 bridgehead atoms. The number of anilines is 1. The van der Waals surface area contributed by atoms with Crippen molar-refractivity contribution in [1.82, 2.24) is 4.90 Å². The Balaban J connectivity index is 1.65. The largest absolute Gasteiger partial charge is 0.452 e. The average molecular weight is 394 g/mol. The van der Waals surface area contributed by atoms with Gasteiger partial charge in [0.2, 0.25) is 0 Å². The smallest absolute Gasteiger partial charge is 0.340 e. The first-order valence-electron chi connectivity index (χ1n) is 9.89. The second-order valence-corrected chi connectivity index (χ2v) is 7.38. The lowest BCUT2D eigenvalue weighted by molar-refractivity contribution is -0.137. The van der Waals surface area contributed by atoms with Crippen LogP contribution in [0.3, 0.4) is 0 Å². The first-order valence-corrected chi connectivity index (χ1v) is 9.89. The highest BCUT2D eigenvalue weighted by molar-refractivity contribution is 6.08. The lowest BCUT2D eigenvalue weighted by Crippen LogP contribution is -2.44. The molecule has 29 heavy (non-hydrogen) atoms. The third kappa shape index (κ3) is 5.22. The number of hydrogen-bond donors (Lipinski definition) is 1. The van der Waals surface area contributed by atoms with Gasteiger partial charge >= 0.3 is 5.97 Å². The number of rotatable bonds is 5. The van der Waals surface area contributed by atoms with Crippen molar-refractivity contribution >= 4 is 23.5 Å². The Hall–Kier alpha value is -3.15. The van der Waals surface area contributed by atoms with Crippen LogP contribution in [-0.4, -0.2) is 41.9 Å². The summed E-state index contributed by atoms with van der Waals surface area (Å²) in [7, 11) is 0. The fourth-order valence-electron chi connectivity index (χ4n) is 3.51. The van der Waals surface area contributed by atoms with E-state index >= 15 is 0 Å². The van der Waals surface area contributed by atoms with E-state index in [0.717, 1.165) is 24.8 Å². The Bertz CT molecular complexity index is 909. The summed E-state index contributed by atoms with van der Waals surface area (Å²) in [6.07, 6.45) is 3.05. The Morgan fingerprint density at radius 2 is 1.90 bits per heavy atom. The molecule has 1 aliphatic rings. The minimum absolute atomic E-state index is 0.163. The minimum Gasteiger partial charge on any atom is -0.452 e. The molecule has 2 aromatic carbocycles. The molecule has 0 aliphatic carbocycles. The van der Waals surface area contributed by atoms with Gasteiger partial charge in [-0.1, -0.05) is 29.8 Å². The van der Waals surface area contributed by atoms with Crippen LogP contribution in [0.2, 0.25) is 0 Å². The van der Waals surface area contributed by atoms with Gasteiger partial charge in [-0.05, 0) is 57.4 Å². The fraction of sp³-hybridized carbons (Fsp3) is 0.348. The Morgan fingerprint density at radius 3 is 2.66 bits per heavy atom. The molecule has 2 aromatic rings. The molecular formula is C23H26N2O4. The van der Waals surface area contributed by atoms with E-state index < -0.39 is 5.97 Å². The van der Waals surface area contributed by atoms with Crippen LogP contribution in [0.5, 0.6) is 0 Å². The van der Waals surface area contributed by atoms with Gasteiger partial charge in [0.1, 0.15) is 0 Å². The zero-order valence-electron chi connectivity index (χ0n) is 16.8. The van der Waals surface area contributed by atoms with Gasteiger partial charge in [-0.25, -0.2) is 4.79 Å². The lowest BCUT2D eigenvalue weighted by Gasteiger charge is -2.33. The van der Waals surface area contributed by atoms with Crippen LogP contribution in [0.4, 0.5) is 5.69 Å². The van der Waals surface area contributed by atoms with Crippen molar-refractivity contribution in [3.05, 3.63) is 65.2 Å². The van der Waals surface area contributed by atoms with Crippen LogP contribution >= 0.6 is 0 Å². The average Bonchev–Trinajstić information content (AvgIpc) is 2.72. The van der Waals surface area contributed by atoms with Gasteiger partial charge in [0.05, 0.1) is 11.3 Å². The maximum absolute atomic E-state index is 12.6. The molecule has 1 aliphatic heterocycles. The predicted molar refractivity (Wildman–Crippen MR) is 111 cm³/mol. The van der Waals surface area contributed by atoms with Gasteiger partial charge in [-0.3, -0.25) is 9.59 Å². The molecule has 2 amide bonds. The minimum atomic E-state index is -0.636. The van der Waals surface area contributed by atoms with Crippen LogP contribution < -0.4 is 5.32 Å². The molecular weight excluding hydrogens is 368 g/mol. The maximum Gasteiger partial charge on any atom is 0.340 e. The summed E-state index contributed by atoms with van der Waals surface area (Å²) < 4.78 is 5.26. The number of nitrogens with zero attached hydrogens (tertiary/aromatic N) is 1. The molecule has 0 saturated carbocycles. The molecule has 1 fully saturated rings. The number of benzene rings is 2. The van der Waals surface area contributed by atoms with E-state index in [0.29, 0.717) is 17.8 Å².